The fraction of sp³-hybridized carbons (Fsp3) is 0.217. The van der Waals surface area contributed by atoms with Crippen LogP contribution in [0.4, 0.5) is 5.69 Å². The molecule has 0 radical (unpaired) electrons. The summed E-state index contributed by atoms with van der Waals surface area (Å²) in [5.74, 6) is 0. The number of hydrogen-bond donors (Lipinski definition) is 0. The molecule has 0 spiro atoms. The minimum atomic E-state index is -0.0623. The molecule has 1 aliphatic heterocycles. The lowest BCUT2D eigenvalue weighted by molar-refractivity contribution is 0.150. The van der Waals surface area contributed by atoms with Crippen molar-refractivity contribution in [2.75, 3.05) is 11.7 Å². The Bertz CT molecular complexity index is 949. The van der Waals surface area contributed by atoms with E-state index in [-0.39, 0.29) is 11.5 Å². The molecule has 2 nitrogen and oxygen atoms in total. The second kappa shape index (κ2) is 5.21. The van der Waals surface area contributed by atoms with Crippen molar-refractivity contribution in [3.05, 3.63) is 89.5 Å². The van der Waals surface area contributed by atoms with Crippen molar-refractivity contribution >= 4 is 5.69 Å². The molecule has 2 heteroatoms. The normalized spacial score (nSPS) is 23.8. The van der Waals surface area contributed by atoms with Gasteiger partial charge in [0, 0.05) is 5.41 Å². The number of aryl methyl sites for hydroxylation is 1. The summed E-state index contributed by atoms with van der Waals surface area (Å²) in [5, 5.41) is 2.11. The summed E-state index contributed by atoms with van der Waals surface area (Å²) in [6.45, 7) is 5.19. The molecule has 25 heavy (non-hydrogen) atoms. The van der Waals surface area contributed by atoms with Gasteiger partial charge in [0.05, 0.1) is 18.3 Å². The van der Waals surface area contributed by atoms with Gasteiger partial charge in [0.15, 0.2) is 0 Å². The fourth-order valence-electron chi connectivity index (χ4n) is 4.47. The van der Waals surface area contributed by atoms with Crippen LogP contribution >= 0.6 is 0 Å². The van der Waals surface area contributed by atoms with Gasteiger partial charge < -0.3 is 0 Å². The SMILES string of the molecule is Cc1ccc2c(c1)-c1ccccc1[C@H]1N(c3ccccc3)OC[C@@]21C. The molecule has 0 bridgehead atoms. The summed E-state index contributed by atoms with van der Waals surface area (Å²) in [5.41, 5.74) is 7.77. The number of rotatable bonds is 1. The van der Waals surface area contributed by atoms with Crippen molar-refractivity contribution < 1.29 is 4.84 Å². The molecule has 0 N–H and O–H groups in total. The zero-order chi connectivity index (χ0) is 17.0. The molecule has 3 aromatic rings. The Balaban J connectivity index is 1.77. The quantitative estimate of drug-likeness (QED) is 0.591. The number of anilines is 1. The smallest absolute Gasteiger partial charge is 0.0938 e. The van der Waals surface area contributed by atoms with Gasteiger partial charge in [0.25, 0.3) is 0 Å². The molecule has 1 fully saturated rings. The average molecular weight is 327 g/mol. The largest absolute Gasteiger partial charge is 0.272 e. The van der Waals surface area contributed by atoms with Gasteiger partial charge in [-0.2, -0.15) is 0 Å². The van der Waals surface area contributed by atoms with Crippen molar-refractivity contribution in [1.29, 1.82) is 0 Å². The number of benzene rings is 3. The van der Waals surface area contributed by atoms with E-state index < -0.39 is 0 Å². The van der Waals surface area contributed by atoms with Gasteiger partial charge in [-0.1, -0.05) is 73.2 Å². The monoisotopic (exact) mass is 327 g/mol. The molecule has 5 rings (SSSR count). The van der Waals surface area contributed by atoms with Gasteiger partial charge in [0.1, 0.15) is 0 Å². The predicted molar refractivity (Wildman–Crippen MR) is 102 cm³/mol. The van der Waals surface area contributed by atoms with Gasteiger partial charge in [-0.3, -0.25) is 4.84 Å². The predicted octanol–water partition coefficient (Wildman–Crippen LogP) is 5.43. The second-order valence-electron chi connectivity index (χ2n) is 7.39. The van der Waals surface area contributed by atoms with E-state index in [0.29, 0.717) is 6.61 Å². The molecule has 2 atom stereocenters. The lowest BCUT2D eigenvalue weighted by Crippen LogP contribution is -2.37. The third kappa shape index (κ3) is 2.01. The van der Waals surface area contributed by atoms with Crippen LogP contribution in [-0.4, -0.2) is 6.61 Å². The van der Waals surface area contributed by atoms with Gasteiger partial charge in [-0.05, 0) is 41.3 Å². The first-order valence-corrected chi connectivity index (χ1v) is 8.86. The first kappa shape index (κ1) is 14.7. The third-order valence-corrected chi connectivity index (χ3v) is 5.69. The highest BCUT2D eigenvalue weighted by Gasteiger charge is 2.52. The van der Waals surface area contributed by atoms with Crippen molar-refractivity contribution in [2.24, 2.45) is 0 Å². The zero-order valence-corrected chi connectivity index (χ0v) is 14.6. The van der Waals surface area contributed by atoms with Crippen molar-refractivity contribution in [2.45, 2.75) is 25.3 Å². The number of nitrogens with zero attached hydrogens (tertiary/aromatic N) is 1. The van der Waals surface area contributed by atoms with Crippen molar-refractivity contribution in [3.8, 4) is 11.1 Å². The Morgan fingerprint density at radius 1 is 0.920 bits per heavy atom. The third-order valence-electron chi connectivity index (χ3n) is 5.69. The molecule has 0 amide bonds. The van der Waals surface area contributed by atoms with Crippen LogP contribution < -0.4 is 5.06 Å². The fourth-order valence-corrected chi connectivity index (χ4v) is 4.47. The zero-order valence-electron chi connectivity index (χ0n) is 14.6. The summed E-state index contributed by atoms with van der Waals surface area (Å²) in [6.07, 6.45) is 0. The maximum atomic E-state index is 6.27. The molecule has 0 saturated carbocycles. The number of hydrogen-bond acceptors (Lipinski definition) is 2. The van der Waals surface area contributed by atoms with Crippen LogP contribution in [0, 0.1) is 6.92 Å². The molecule has 124 valence electrons. The molecule has 3 aromatic carbocycles. The molecule has 1 saturated heterocycles. The molecular formula is C23H21NO. The van der Waals surface area contributed by atoms with Gasteiger partial charge in [-0.25, -0.2) is 5.06 Å². The van der Waals surface area contributed by atoms with Gasteiger partial charge in [-0.15, -0.1) is 0 Å². The number of fused-ring (bicyclic) bond motifs is 6. The van der Waals surface area contributed by atoms with Gasteiger partial charge in [0.2, 0.25) is 0 Å². The highest BCUT2D eigenvalue weighted by Crippen LogP contribution is 2.56. The lowest BCUT2D eigenvalue weighted by atomic mass is 9.66. The Morgan fingerprint density at radius 3 is 2.52 bits per heavy atom. The van der Waals surface area contributed by atoms with E-state index in [1.54, 1.807) is 0 Å². The van der Waals surface area contributed by atoms with Crippen LogP contribution in [0.25, 0.3) is 11.1 Å². The maximum Gasteiger partial charge on any atom is 0.0938 e. The number of para-hydroxylation sites is 1. The molecule has 1 aliphatic carbocycles. The van der Waals surface area contributed by atoms with E-state index in [1.165, 1.54) is 27.8 Å². The minimum absolute atomic E-state index is 0.0623. The Kier molecular flexibility index (Phi) is 3.07. The molecule has 2 aliphatic rings. The van der Waals surface area contributed by atoms with Crippen molar-refractivity contribution in [1.82, 2.24) is 0 Å². The topological polar surface area (TPSA) is 12.5 Å². The van der Waals surface area contributed by atoms with E-state index in [9.17, 15) is 0 Å². The molecule has 0 aromatic heterocycles. The highest BCUT2D eigenvalue weighted by atomic mass is 16.7. The van der Waals surface area contributed by atoms with Crippen LogP contribution in [0.15, 0.2) is 72.8 Å². The molecule has 1 heterocycles. The molecular weight excluding hydrogens is 306 g/mol. The maximum absolute atomic E-state index is 6.27. The van der Waals surface area contributed by atoms with E-state index >= 15 is 0 Å². The second-order valence-corrected chi connectivity index (χ2v) is 7.39. The van der Waals surface area contributed by atoms with E-state index in [0.717, 1.165) is 5.69 Å². The minimum Gasteiger partial charge on any atom is -0.272 e. The standard InChI is InChI=1S/C23H21NO/c1-16-12-13-21-20(14-16)18-10-6-7-11-19(18)22-23(21,2)15-25-24(22)17-8-4-3-5-9-17/h3-14,22H,15H2,1-2H3/t22-,23+/m1/s1. The average Bonchev–Trinajstić information content (AvgIpc) is 3.01. The van der Waals surface area contributed by atoms with Crippen LogP contribution in [-0.2, 0) is 10.3 Å². The highest BCUT2D eigenvalue weighted by molar-refractivity contribution is 5.78. The first-order chi connectivity index (χ1) is 12.2. The lowest BCUT2D eigenvalue weighted by Gasteiger charge is -2.40. The summed E-state index contributed by atoms with van der Waals surface area (Å²) in [6, 6.07) is 26.2. The summed E-state index contributed by atoms with van der Waals surface area (Å²) >= 11 is 0. The summed E-state index contributed by atoms with van der Waals surface area (Å²) in [4.78, 5) is 6.27. The Hall–Kier alpha value is -2.58. The Labute approximate surface area is 148 Å². The van der Waals surface area contributed by atoms with Crippen LogP contribution in [0.1, 0.15) is 29.7 Å². The van der Waals surface area contributed by atoms with Crippen LogP contribution in [0.5, 0.6) is 0 Å². The summed E-state index contributed by atoms with van der Waals surface area (Å²) in [7, 11) is 0. The molecule has 0 unspecified atom stereocenters. The van der Waals surface area contributed by atoms with Gasteiger partial charge >= 0.3 is 0 Å². The van der Waals surface area contributed by atoms with Crippen LogP contribution in [0.3, 0.4) is 0 Å². The van der Waals surface area contributed by atoms with E-state index in [1.807, 2.05) is 6.07 Å². The van der Waals surface area contributed by atoms with Crippen molar-refractivity contribution in [3.63, 3.8) is 0 Å². The number of hydroxylamine groups is 1. The summed E-state index contributed by atoms with van der Waals surface area (Å²) < 4.78 is 0. The van der Waals surface area contributed by atoms with E-state index in [4.69, 9.17) is 4.84 Å². The first-order valence-electron chi connectivity index (χ1n) is 8.86. The Morgan fingerprint density at radius 2 is 1.68 bits per heavy atom. The van der Waals surface area contributed by atoms with Crippen LogP contribution in [0.2, 0.25) is 0 Å². The van der Waals surface area contributed by atoms with E-state index in [2.05, 4.69) is 85.6 Å².